The molecule has 0 fully saturated rings. The molecule has 0 aromatic heterocycles. The summed E-state index contributed by atoms with van der Waals surface area (Å²) in [6, 6.07) is 6.08. The molecule has 1 nitrogen and oxygen atoms in total. The van der Waals surface area contributed by atoms with Gasteiger partial charge in [-0.1, -0.05) is 24.3 Å². The van der Waals surface area contributed by atoms with Crippen molar-refractivity contribution in [2.24, 2.45) is 0 Å². The van der Waals surface area contributed by atoms with Crippen LogP contribution < -0.4 is 0 Å². The topological polar surface area (TPSA) is 20.2 Å². The Hall–Kier alpha value is -1.08. The van der Waals surface area contributed by atoms with Crippen molar-refractivity contribution in [3.63, 3.8) is 0 Å². The maximum absolute atomic E-state index is 10.4. The number of aliphatic hydroxyl groups is 1. The van der Waals surface area contributed by atoms with E-state index in [1.165, 1.54) is 11.1 Å². The Bertz CT molecular complexity index is 350. The molecule has 0 heterocycles. The lowest BCUT2D eigenvalue weighted by Gasteiger charge is -2.26. The van der Waals surface area contributed by atoms with Gasteiger partial charge in [-0.25, -0.2) is 0 Å². The van der Waals surface area contributed by atoms with E-state index in [9.17, 15) is 5.11 Å². The Morgan fingerprint density at radius 2 is 2.07 bits per heavy atom. The Labute approximate surface area is 92.5 Å². The molecular weight excluding hydrogens is 184 g/mol. The number of hydrogen-bond donors (Lipinski definition) is 1. The molecule has 1 atom stereocenters. The fraction of sp³-hybridized carbons (Fsp3) is 0.429. The van der Waals surface area contributed by atoms with Crippen LogP contribution in [-0.4, -0.2) is 5.11 Å². The first-order valence-electron chi connectivity index (χ1n) is 5.39. The van der Waals surface area contributed by atoms with Crippen LogP contribution in [0.5, 0.6) is 0 Å². The third-order valence-corrected chi connectivity index (χ3v) is 3.02. The standard InChI is InChI=1S/C14H20O/c1-5-6-10-14(4,15)13-9-7-8-11(2)12(13)3/h5,7-9,15H,1,6,10H2,2-4H3. The van der Waals surface area contributed by atoms with Crippen molar-refractivity contribution in [2.75, 3.05) is 0 Å². The largest absolute Gasteiger partial charge is 0.385 e. The lowest BCUT2D eigenvalue weighted by Crippen LogP contribution is -2.22. The molecule has 0 aliphatic carbocycles. The van der Waals surface area contributed by atoms with Crippen LogP contribution in [-0.2, 0) is 5.60 Å². The smallest absolute Gasteiger partial charge is 0.0874 e. The second-order valence-electron chi connectivity index (χ2n) is 4.35. The minimum Gasteiger partial charge on any atom is -0.385 e. The number of rotatable bonds is 4. The summed E-state index contributed by atoms with van der Waals surface area (Å²) in [7, 11) is 0. The van der Waals surface area contributed by atoms with Crippen molar-refractivity contribution in [1.29, 1.82) is 0 Å². The van der Waals surface area contributed by atoms with Crippen molar-refractivity contribution in [2.45, 2.75) is 39.2 Å². The zero-order valence-electron chi connectivity index (χ0n) is 9.88. The lowest BCUT2D eigenvalue weighted by atomic mass is 9.86. The molecular formula is C14H20O. The van der Waals surface area contributed by atoms with E-state index in [4.69, 9.17) is 0 Å². The first kappa shape index (κ1) is 12.0. The van der Waals surface area contributed by atoms with Gasteiger partial charge in [0.1, 0.15) is 0 Å². The molecule has 0 radical (unpaired) electrons. The number of benzene rings is 1. The Morgan fingerprint density at radius 3 is 2.67 bits per heavy atom. The molecule has 1 heteroatoms. The summed E-state index contributed by atoms with van der Waals surface area (Å²) in [5, 5.41) is 10.4. The quantitative estimate of drug-likeness (QED) is 0.744. The first-order chi connectivity index (χ1) is 6.99. The Balaban J connectivity index is 3.03. The van der Waals surface area contributed by atoms with Gasteiger partial charge in [0.05, 0.1) is 5.60 Å². The van der Waals surface area contributed by atoms with E-state index in [2.05, 4.69) is 26.5 Å². The van der Waals surface area contributed by atoms with E-state index >= 15 is 0 Å². The van der Waals surface area contributed by atoms with Gasteiger partial charge in [0.2, 0.25) is 0 Å². The van der Waals surface area contributed by atoms with Crippen LogP contribution in [0.2, 0.25) is 0 Å². The van der Waals surface area contributed by atoms with Crippen LogP contribution in [0.3, 0.4) is 0 Å². The van der Waals surface area contributed by atoms with Gasteiger partial charge in [-0.2, -0.15) is 0 Å². The molecule has 0 amide bonds. The summed E-state index contributed by atoms with van der Waals surface area (Å²) in [5.41, 5.74) is 2.70. The molecule has 1 aromatic carbocycles. The zero-order chi connectivity index (χ0) is 11.5. The van der Waals surface area contributed by atoms with E-state index < -0.39 is 5.60 Å². The molecule has 0 aliphatic rings. The summed E-state index contributed by atoms with van der Waals surface area (Å²) < 4.78 is 0. The van der Waals surface area contributed by atoms with Gasteiger partial charge in [-0.3, -0.25) is 0 Å². The van der Waals surface area contributed by atoms with Crippen molar-refractivity contribution in [1.82, 2.24) is 0 Å². The van der Waals surface area contributed by atoms with Gasteiger partial charge in [-0.05, 0) is 50.3 Å². The summed E-state index contributed by atoms with van der Waals surface area (Å²) in [5.74, 6) is 0. The minimum absolute atomic E-state index is 0.723. The second kappa shape index (κ2) is 4.63. The van der Waals surface area contributed by atoms with Crippen LogP contribution in [0, 0.1) is 13.8 Å². The highest BCUT2D eigenvalue weighted by molar-refractivity contribution is 5.36. The second-order valence-corrected chi connectivity index (χ2v) is 4.35. The van der Waals surface area contributed by atoms with E-state index in [0.29, 0.717) is 0 Å². The zero-order valence-corrected chi connectivity index (χ0v) is 9.88. The highest BCUT2D eigenvalue weighted by atomic mass is 16.3. The van der Waals surface area contributed by atoms with Gasteiger partial charge >= 0.3 is 0 Å². The molecule has 0 aliphatic heterocycles. The Kier molecular flexibility index (Phi) is 3.70. The first-order valence-corrected chi connectivity index (χ1v) is 5.39. The summed E-state index contributed by atoms with van der Waals surface area (Å²) in [4.78, 5) is 0. The predicted octanol–water partition coefficient (Wildman–Crippen LogP) is 3.48. The molecule has 15 heavy (non-hydrogen) atoms. The van der Waals surface area contributed by atoms with Crippen molar-refractivity contribution in [3.8, 4) is 0 Å². The van der Waals surface area contributed by atoms with Gasteiger partial charge in [-0.15, -0.1) is 6.58 Å². The van der Waals surface area contributed by atoms with Crippen LogP contribution in [0.25, 0.3) is 0 Å². The third kappa shape index (κ3) is 2.69. The maximum atomic E-state index is 10.4. The van der Waals surface area contributed by atoms with Crippen LogP contribution in [0.15, 0.2) is 30.9 Å². The van der Waals surface area contributed by atoms with E-state index in [-0.39, 0.29) is 0 Å². The fourth-order valence-electron chi connectivity index (χ4n) is 1.85. The molecule has 0 saturated carbocycles. The van der Waals surface area contributed by atoms with Crippen molar-refractivity contribution < 1.29 is 5.11 Å². The molecule has 0 spiro atoms. The predicted molar refractivity (Wildman–Crippen MR) is 64.9 cm³/mol. The molecule has 1 rings (SSSR count). The number of aryl methyl sites for hydroxylation is 1. The van der Waals surface area contributed by atoms with E-state index in [1.54, 1.807) is 0 Å². The summed E-state index contributed by atoms with van der Waals surface area (Å²) in [6.07, 6.45) is 3.40. The van der Waals surface area contributed by atoms with Gasteiger partial charge in [0.15, 0.2) is 0 Å². The minimum atomic E-state index is -0.746. The van der Waals surface area contributed by atoms with Crippen molar-refractivity contribution in [3.05, 3.63) is 47.5 Å². The van der Waals surface area contributed by atoms with Crippen molar-refractivity contribution >= 4 is 0 Å². The molecule has 1 unspecified atom stereocenters. The molecule has 1 aromatic rings. The van der Waals surface area contributed by atoms with Crippen LogP contribution >= 0.6 is 0 Å². The van der Waals surface area contributed by atoms with Crippen LogP contribution in [0.1, 0.15) is 36.5 Å². The monoisotopic (exact) mass is 204 g/mol. The average molecular weight is 204 g/mol. The molecule has 82 valence electrons. The van der Waals surface area contributed by atoms with Gasteiger partial charge in [0, 0.05) is 0 Å². The Morgan fingerprint density at radius 1 is 1.40 bits per heavy atom. The SMILES string of the molecule is C=CCCC(C)(O)c1cccc(C)c1C. The normalized spacial score (nSPS) is 14.7. The van der Waals surface area contributed by atoms with Gasteiger partial charge in [0.25, 0.3) is 0 Å². The fourth-order valence-corrected chi connectivity index (χ4v) is 1.85. The van der Waals surface area contributed by atoms with Crippen LogP contribution in [0.4, 0.5) is 0 Å². The number of allylic oxidation sites excluding steroid dienone is 1. The summed E-state index contributed by atoms with van der Waals surface area (Å²) in [6.45, 7) is 9.69. The highest BCUT2D eigenvalue weighted by Crippen LogP contribution is 2.29. The highest BCUT2D eigenvalue weighted by Gasteiger charge is 2.24. The number of hydrogen-bond acceptors (Lipinski definition) is 1. The molecule has 0 bridgehead atoms. The average Bonchev–Trinajstić information content (AvgIpc) is 2.19. The summed E-state index contributed by atoms with van der Waals surface area (Å²) >= 11 is 0. The molecule has 1 N–H and O–H groups in total. The van der Waals surface area contributed by atoms with E-state index in [0.717, 1.165) is 18.4 Å². The van der Waals surface area contributed by atoms with E-state index in [1.807, 2.05) is 25.1 Å². The third-order valence-electron chi connectivity index (χ3n) is 3.02. The van der Waals surface area contributed by atoms with Gasteiger partial charge < -0.3 is 5.11 Å². The molecule has 0 saturated heterocycles. The lowest BCUT2D eigenvalue weighted by molar-refractivity contribution is 0.0481. The maximum Gasteiger partial charge on any atom is 0.0874 e.